The molecule has 0 N–H and O–H groups in total. The molecule has 0 aliphatic rings. The van der Waals surface area contributed by atoms with Gasteiger partial charge in [-0.1, -0.05) is 287 Å². The number of quaternary nitrogens is 1. The number of nitrogens with zero attached hydrogens (tertiary/aromatic N) is 1. The van der Waals surface area contributed by atoms with Gasteiger partial charge in [0.25, 0.3) is 7.82 Å². The van der Waals surface area contributed by atoms with Crippen LogP contribution in [0.25, 0.3) is 0 Å². The van der Waals surface area contributed by atoms with Crippen molar-refractivity contribution in [2.45, 2.75) is 296 Å². The average Bonchev–Trinajstić information content (AvgIpc) is 3.35. The van der Waals surface area contributed by atoms with Gasteiger partial charge in [0, 0.05) is 12.8 Å². The molecule has 0 aliphatic carbocycles. The van der Waals surface area contributed by atoms with Crippen molar-refractivity contribution in [3.63, 3.8) is 0 Å². The first-order valence-electron chi connectivity index (χ1n) is 30.8. The molecule has 0 aromatic carbocycles. The van der Waals surface area contributed by atoms with Crippen molar-refractivity contribution in [2.24, 2.45) is 0 Å². The van der Waals surface area contributed by atoms with Crippen LogP contribution in [0.15, 0.2) is 48.6 Å². The van der Waals surface area contributed by atoms with Gasteiger partial charge in [-0.2, -0.15) is 0 Å². The largest absolute Gasteiger partial charge is 0.756 e. The van der Waals surface area contributed by atoms with E-state index in [1.807, 2.05) is 33.3 Å². The minimum absolute atomic E-state index is 0.0433. The summed E-state index contributed by atoms with van der Waals surface area (Å²) >= 11 is 0. The predicted molar refractivity (Wildman–Crippen MR) is 310 cm³/mol. The lowest BCUT2D eigenvalue weighted by Gasteiger charge is -2.28. The van der Waals surface area contributed by atoms with E-state index in [-0.39, 0.29) is 26.1 Å². The highest BCUT2D eigenvalue weighted by Gasteiger charge is 2.21. The number of carbonyl (C=O) groups excluding carboxylic acids is 2. The van der Waals surface area contributed by atoms with Crippen LogP contribution in [0.5, 0.6) is 0 Å². The summed E-state index contributed by atoms with van der Waals surface area (Å²) in [7, 11) is 1.13. The first-order valence-corrected chi connectivity index (χ1v) is 32.3. The zero-order valence-corrected chi connectivity index (χ0v) is 49.5. The molecular weight excluding hydrogens is 930 g/mol. The third-order valence-electron chi connectivity index (χ3n) is 13.6. The van der Waals surface area contributed by atoms with E-state index in [9.17, 15) is 19.0 Å². The van der Waals surface area contributed by atoms with Crippen LogP contribution in [0.4, 0.5) is 0 Å². The monoisotopic (exact) mass is 1050 g/mol. The standard InChI is InChI=1S/C63H118NO8P/c1-6-8-10-12-14-16-18-20-21-22-23-24-25-26-27-28-29-30-31-32-33-34-35-36-37-38-39-40-41-42-44-45-47-49-51-53-55-62(65)69-59-61(60-71-73(67,68)70-58-57-64(3,4)5)72-63(66)56-54-52-50-48-46-43-19-17-15-13-11-9-7-2/h9,11,15,17,43,46,50,52,61H,6-8,10,12-14,16,18-42,44-45,47-49,51,53-60H2,1-5H3/b11-9-,17-15-,46-43-,52-50-. The van der Waals surface area contributed by atoms with Gasteiger partial charge in [0.1, 0.15) is 19.8 Å². The Balaban J connectivity index is 3.90. The van der Waals surface area contributed by atoms with Crippen LogP contribution in [0.2, 0.25) is 0 Å². The Hall–Kier alpha value is -2.03. The quantitative estimate of drug-likeness (QED) is 0.0195. The van der Waals surface area contributed by atoms with E-state index >= 15 is 0 Å². The second-order valence-electron chi connectivity index (χ2n) is 22.0. The Kier molecular flexibility index (Phi) is 53.2. The van der Waals surface area contributed by atoms with Gasteiger partial charge in [0.05, 0.1) is 27.7 Å². The maximum atomic E-state index is 12.7. The van der Waals surface area contributed by atoms with Crippen LogP contribution in [0.3, 0.4) is 0 Å². The number of hydrogen-bond acceptors (Lipinski definition) is 8. The van der Waals surface area contributed by atoms with Crippen LogP contribution in [-0.4, -0.2) is 70.0 Å². The van der Waals surface area contributed by atoms with Crippen LogP contribution in [-0.2, 0) is 32.7 Å². The number of ether oxygens (including phenoxy) is 2. The normalized spacial score (nSPS) is 13.6. The van der Waals surface area contributed by atoms with Crippen molar-refractivity contribution < 1.29 is 42.1 Å². The molecule has 2 atom stereocenters. The molecule has 2 unspecified atom stereocenters. The van der Waals surface area contributed by atoms with E-state index in [0.29, 0.717) is 17.4 Å². The first-order chi connectivity index (χ1) is 35.5. The van der Waals surface area contributed by atoms with E-state index in [2.05, 4.69) is 50.3 Å². The van der Waals surface area contributed by atoms with Gasteiger partial charge in [-0.15, -0.1) is 0 Å². The van der Waals surface area contributed by atoms with E-state index in [4.69, 9.17) is 18.5 Å². The number of rotatable bonds is 57. The SMILES string of the molecule is CC/C=C\C/C=C\C/C=C\C/C=C\CCC(=O)OC(COC(=O)CCCCCCCCCCCCCCCCCCCCCCCCCCCCCCCCCCCCCC)COP(=O)([O-])OCC[N+](C)(C)C. The second kappa shape index (κ2) is 54.7. The topological polar surface area (TPSA) is 111 Å². The smallest absolute Gasteiger partial charge is 0.306 e. The van der Waals surface area contributed by atoms with Crippen molar-refractivity contribution in [2.75, 3.05) is 47.5 Å². The molecule has 0 aromatic heterocycles. The number of carbonyl (C=O) groups is 2. The van der Waals surface area contributed by atoms with Gasteiger partial charge in [-0.3, -0.25) is 14.2 Å². The summed E-state index contributed by atoms with van der Waals surface area (Å²) in [5, 5.41) is 0. The average molecular weight is 1050 g/mol. The Bertz CT molecular complexity index is 1370. The van der Waals surface area contributed by atoms with Crippen LogP contribution < -0.4 is 4.89 Å². The molecule has 0 bridgehead atoms. The minimum atomic E-state index is -4.65. The number of unbranched alkanes of at least 4 members (excludes halogenated alkanes) is 35. The third-order valence-corrected chi connectivity index (χ3v) is 14.6. The highest BCUT2D eigenvalue weighted by atomic mass is 31.2. The molecule has 0 saturated carbocycles. The van der Waals surface area contributed by atoms with Crippen molar-refractivity contribution in [3.8, 4) is 0 Å². The maximum Gasteiger partial charge on any atom is 0.306 e. The molecular formula is C63H118NO8P. The number of esters is 2. The molecule has 428 valence electrons. The molecule has 0 radical (unpaired) electrons. The molecule has 0 aromatic rings. The lowest BCUT2D eigenvalue weighted by molar-refractivity contribution is -0.870. The van der Waals surface area contributed by atoms with Gasteiger partial charge in [-0.05, 0) is 38.5 Å². The summed E-state index contributed by atoms with van der Waals surface area (Å²) in [4.78, 5) is 37.7. The van der Waals surface area contributed by atoms with Crippen molar-refractivity contribution in [1.82, 2.24) is 0 Å². The van der Waals surface area contributed by atoms with E-state index in [1.54, 1.807) is 0 Å². The summed E-state index contributed by atoms with van der Waals surface area (Å²) in [6.45, 7) is 4.07. The summed E-state index contributed by atoms with van der Waals surface area (Å²) in [5.41, 5.74) is 0. The summed E-state index contributed by atoms with van der Waals surface area (Å²) in [6.07, 6.45) is 69.5. The van der Waals surface area contributed by atoms with Crippen LogP contribution in [0.1, 0.15) is 290 Å². The number of phosphoric acid groups is 1. The Morgan fingerprint density at radius 3 is 1.14 bits per heavy atom. The fourth-order valence-electron chi connectivity index (χ4n) is 8.91. The highest BCUT2D eigenvalue weighted by molar-refractivity contribution is 7.45. The third kappa shape index (κ3) is 59.1. The lowest BCUT2D eigenvalue weighted by Crippen LogP contribution is -2.37. The molecule has 73 heavy (non-hydrogen) atoms. The van der Waals surface area contributed by atoms with Crippen LogP contribution >= 0.6 is 7.82 Å². The van der Waals surface area contributed by atoms with Gasteiger partial charge in [0.2, 0.25) is 0 Å². The molecule has 9 nitrogen and oxygen atoms in total. The Morgan fingerprint density at radius 1 is 0.438 bits per heavy atom. The van der Waals surface area contributed by atoms with E-state index < -0.39 is 32.5 Å². The van der Waals surface area contributed by atoms with Gasteiger partial charge >= 0.3 is 11.9 Å². The molecule has 0 saturated heterocycles. The van der Waals surface area contributed by atoms with Gasteiger partial charge in [0.15, 0.2) is 6.10 Å². The minimum Gasteiger partial charge on any atom is -0.756 e. The number of phosphoric ester groups is 1. The molecule has 0 spiro atoms. The zero-order valence-electron chi connectivity index (χ0n) is 48.6. The van der Waals surface area contributed by atoms with Crippen molar-refractivity contribution >= 4 is 19.8 Å². The fraction of sp³-hybridized carbons (Fsp3) is 0.841. The molecule has 10 heteroatoms. The lowest BCUT2D eigenvalue weighted by atomic mass is 10.0. The molecule has 0 aliphatic heterocycles. The summed E-state index contributed by atoms with van der Waals surface area (Å²) in [5.74, 6) is -0.919. The number of hydrogen-bond donors (Lipinski definition) is 0. The Morgan fingerprint density at radius 2 is 0.781 bits per heavy atom. The Labute approximate surface area is 452 Å². The maximum absolute atomic E-state index is 12.7. The second-order valence-corrected chi connectivity index (χ2v) is 23.5. The molecule has 0 heterocycles. The summed E-state index contributed by atoms with van der Waals surface area (Å²) in [6, 6.07) is 0. The summed E-state index contributed by atoms with van der Waals surface area (Å²) < 4.78 is 34.0. The highest BCUT2D eigenvalue weighted by Crippen LogP contribution is 2.38. The van der Waals surface area contributed by atoms with Gasteiger partial charge < -0.3 is 27.9 Å². The molecule has 0 amide bonds. The van der Waals surface area contributed by atoms with Gasteiger partial charge in [-0.25, -0.2) is 0 Å². The van der Waals surface area contributed by atoms with E-state index in [1.165, 1.54) is 212 Å². The van der Waals surface area contributed by atoms with Crippen molar-refractivity contribution in [1.29, 1.82) is 0 Å². The van der Waals surface area contributed by atoms with E-state index in [0.717, 1.165) is 44.9 Å². The molecule has 0 rings (SSSR count). The predicted octanol–water partition coefficient (Wildman–Crippen LogP) is 18.7. The number of likely N-dealkylation sites (N-methyl/N-ethyl adjacent to an activating group) is 1. The van der Waals surface area contributed by atoms with Crippen LogP contribution in [0, 0.1) is 0 Å². The zero-order chi connectivity index (χ0) is 53.5. The fourth-order valence-corrected chi connectivity index (χ4v) is 9.64. The number of allylic oxidation sites excluding steroid dienone is 8. The molecule has 0 fully saturated rings. The van der Waals surface area contributed by atoms with Crippen molar-refractivity contribution in [3.05, 3.63) is 48.6 Å². The first kappa shape index (κ1) is 71.0.